The second-order valence-corrected chi connectivity index (χ2v) is 5.72. The van der Waals surface area contributed by atoms with Crippen LogP contribution in [0.2, 0.25) is 0 Å². The average molecular weight is 320 g/mol. The van der Waals surface area contributed by atoms with Gasteiger partial charge in [0.25, 0.3) is 0 Å². The van der Waals surface area contributed by atoms with Crippen LogP contribution in [0, 0.1) is 0 Å². The van der Waals surface area contributed by atoms with E-state index in [1.165, 1.54) is 0 Å². The summed E-state index contributed by atoms with van der Waals surface area (Å²) in [5, 5.41) is 0. The van der Waals surface area contributed by atoms with Crippen molar-refractivity contribution in [2.75, 3.05) is 13.2 Å². The van der Waals surface area contributed by atoms with Crippen LogP contribution in [0.1, 0.15) is 58.1 Å². The van der Waals surface area contributed by atoms with E-state index < -0.39 is 17.4 Å². The van der Waals surface area contributed by atoms with Crippen molar-refractivity contribution in [3.63, 3.8) is 0 Å². The van der Waals surface area contributed by atoms with Gasteiger partial charge in [-0.3, -0.25) is 9.59 Å². The topological polar surface area (TPSA) is 52.6 Å². The van der Waals surface area contributed by atoms with Crippen molar-refractivity contribution in [1.82, 2.24) is 0 Å². The minimum Gasteiger partial charge on any atom is -0.465 e. The Bertz CT molecular complexity index is 504. The zero-order valence-electron chi connectivity index (χ0n) is 14.7. The number of esters is 2. The van der Waals surface area contributed by atoms with E-state index in [2.05, 4.69) is 6.92 Å². The van der Waals surface area contributed by atoms with Crippen LogP contribution in [0.25, 0.3) is 0 Å². The van der Waals surface area contributed by atoms with Crippen molar-refractivity contribution >= 4 is 11.9 Å². The molecule has 0 unspecified atom stereocenters. The number of ether oxygens (including phenoxy) is 2. The molecule has 0 aliphatic heterocycles. The Kier molecular flexibility index (Phi) is 7.79. The van der Waals surface area contributed by atoms with Crippen molar-refractivity contribution in [2.24, 2.45) is 0 Å². The largest absolute Gasteiger partial charge is 0.465 e. The van der Waals surface area contributed by atoms with E-state index in [1.54, 1.807) is 26.8 Å². The number of carbonyl (C=O) groups is 2. The van der Waals surface area contributed by atoms with Gasteiger partial charge in [-0.15, -0.1) is 0 Å². The van der Waals surface area contributed by atoms with Gasteiger partial charge < -0.3 is 9.47 Å². The first-order chi connectivity index (χ1) is 11.0. The molecule has 0 N–H and O–H groups in total. The first-order valence-electron chi connectivity index (χ1n) is 8.44. The third-order valence-corrected chi connectivity index (χ3v) is 3.94. The van der Waals surface area contributed by atoms with Crippen molar-refractivity contribution < 1.29 is 19.1 Å². The Labute approximate surface area is 139 Å². The van der Waals surface area contributed by atoms with Crippen LogP contribution in [0.15, 0.2) is 24.3 Å². The maximum absolute atomic E-state index is 12.4. The standard InChI is InChI=1S/C19H28O4/c1-5-8-9-11-15-12-10-13-16(14-15)19(4,17(20)22-6-2)18(21)23-7-3/h10,12-14H,5-9,11H2,1-4H3. The smallest absolute Gasteiger partial charge is 0.327 e. The van der Waals surface area contributed by atoms with Crippen LogP contribution in [0.3, 0.4) is 0 Å². The summed E-state index contributed by atoms with van der Waals surface area (Å²) in [6.07, 6.45) is 4.35. The number of carbonyl (C=O) groups excluding carboxylic acids is 2. The fourth-order valence-corrected chi connectivity index (χ4v) is 2.49. The van der Waals surface area contributed by atoms with Crippen molar-refractivity contribution in [1.29, 1.82) is 0 Å². The normalized spacial score (nSPS) is 11.1. The third-order valence-electron chi connectivity index (χ3n) is 3.94. The molecule has 1 aromatic carbocycles. The van der Waals surface area contributed by atoms with Gasteiger partial charge >= 0.3 is 11.9 Å². The number of benzene rings is 1. The van der Waals surface area contributed by atoms with E-state index in [9.17, 15) is 9.59 Å². The Hall–Kier alpha value is -1.84. The molecule has 0 bridgehead atoms. The highest BCUT2D eigenvalue weighted by molar-refractivity contribution is 6.05. The summed E-state index contributed by atoms with van der Waals surface area (Å²) >= 11 is 0. The second-order valence-electron chi connectivity index (χ2n) is 5.72. The van der Waals surface area contributed by atoms with E-state index in [0.717, 1.165) is 31.2 Å². The lowest BCUT2D eigenvalue weighted by atomic mass is 9.81. The number of unbranched alkanes of at least 4 members (excludes halogenated alkanes) is 2. The van der Waals surface area contributed by atoms with Crippen LogP contribution in [0.5, 0.6) is 0 Å². The molecule has 0 aliphatic carbocycles. The first kappa shape index (κ1) is 19.2. The third kappa shape index (κ3) is 4.81. The zero-order chi connectivity index (χ0) is 17.3. The fraction of sp³-hybridized carbons (Fsp3) is 0.579. The van der Waals surface area contributed by atoms with E-state index in [-0.39, 0.29) is 13.2 Å². The Morgan fingerprint density at radius 3 is 2.13 bits per heavy atom. The highest BCUT2D eigenvalue weighted by atomic mass is 16.6. The van der Waals surface area contributed by atoms with Crippen LogP contribution < -0.4 is 0 Å². The molecule has 0 saturated heterocycles. The molecule has 0 saturated carbocycles. The minimum absolute atomic E-state index is 0.226. The first-order valence-corrected chi connectivity index (χ1v) is 8.44. The molecule has 0 spiro atoms. The van der Waals surface area contributed by atoms with E-state index in [4.69, 9.17) is 9.47 Å². The van der Waals surface area contributed by atoms with Gasteiger partial charge in [-0.25, -0.2) is 0 Å². The van der Waals surface area contributed by atoms with Gasteiger partial charge in [0.1, 0.15) is 0 Å². The summed E-state index contributed by atoms with van der Waals surface area (Å²) in [7, 11) is 0. The van der Waals surface area contributed by atoms with Gasteiger partial charge in [0, 0.05) is 0 Å². The minimum atomic E-state index is -1.42. The SMILES string of the molecule is CCCCCc1cccc(C(C)(C(=O)OCC)C(=O)OCC)c1. The molecule has 0 aromatic heterocycles. The van der Waals surface area contributed by atoms with Gasteiger partial charge in [0.2, 0.25) is 0 Å². The molecule has 1 aromatic rings. The van der Waals surface area contributed by atoms with E-state index in [1.807, 2.05) is 18.2 Å². The predicted molar refractivity (Wildman–Crippen MR) is 90.3 cm³/mol. The average Bonchev–Trinajstić information content (AvgIpc) is 2.55. The molecule has 0 amide bonds. The molecule has 1 rings (SSSR count). The molecular weight excluding hydrogens is 292 g/mol. The highest BCUT2D eigenvalue weighted by Crippen LogP contribution is 2.28. The lowest BCUT2D eigenvalue weighted by molar-refractivity contribution is -0.163. The van der Waals surface area contributed by atoms with Crippen molar-refractivity contribution in [3.05, 3.63) is 35.4 Å². The molecule has 0 atom stereocenters. The highest BCUT2D eigenvalue weighted by Gasteiger charge is 2.46. The quantitative estimate of drug-likeness (QED) is 0.394. The van der Waals surface area contributed by atoms with E-state index >= 15 is 0 Å². The number of aryl methyl sites for hydroxylation is 1. The van der Waals surface area contributed by atoms with Crippen LogP contribution >= 0.6 is 0 Å². The predicted octanol–water partition coefficient (Wildman–Crippen LogP) is 3.80. The van der Waals surface area contributed by atoms with Gasteiger partial charge in [0.15, 0.2) is 5.41 Å². The maximum Gasteiger partial charge on any atom is 0.327 e. The number of hydrogen-bond donors (Lipinski definition) is 0. The molecule has 0 fully saturated rings. The summed E-state index contributed by atoms with van der Waals surface area (Å²) in [6.45, 7) is 7.65. The Balaban J connectivity index is 3.13. The summed E-state index contributed by atoms with van der Waals surface area (Å²) in [4.78, 5) is 24.9. The molecule has 0 radical (unpaired) electrons. The zero-order valence-corrected chi connectivity index (χ0v) is 14.7. The molecule has 4 nitrogen and oxygen atoms in total. The monoisotopic (exact) mass is 320 g/mol. The van der Waals surface area contributed by atoms with Crippen LogP contribution in [-0.4, -0.2) is 25.2 Å². The van der Waals surface area contributed by atoms with Crippen molar-refractivity contribution in [2.45, 2.75) is 58.8 Å². The summed E-state index contributed by atoms with van der Waals surface area (Å²) < 4.78 is 10.3. The van der Waals surface area contributed by atoms with Gasteiger partial charge in [-0.1, -0.05) is 44.0 Å². The molecular formula is C19H28O4. The summed E-state index contributed by atoms with van der Waals surface area (Å²) in [6, 6.07) is 7.61. The fourth-order valence-electron chi connectivity index (χ4n) is 2.49. The molecule has 23 heavy (non-hydrogen) atoms. The molecule has 128 valence electrons. The Morgan fingerprint density at radius 1 is 1.00 bits per heavy atom. The lowest BCUT2D eigenvalue weighted by Crippen LogP contribution is -2.43. The summed E-state index contributed by atoms with van der Waals surface area (Å²) in [5.74, 6) is -1.13. The molecule has 0 aliphatic rings. The van der Waals surface area contributed by atoms with Crippen LogP contribution in [0.4, 0.5) is 0 Å². The number of rotatable bonds is 9. The summed E-state index contributed by atoms with van der Waals surface area (Å²) in [5.41, 5.74) is 0.325. The molecule has 0 heterocycles. The lowest BCUT2D eigenvalue weighted by Gasteiger charge is -2.26. The van der Waals surface area contributed by atoms with Crippen LogP contribution in [-0.2, 0) is 30.9 Å². The maximum atomic E-state index is 12.4. The van der Waals surface area contributed by atoms with Gasteiger partial charge in [-0.2, -0.15) is 0 Å². The van der Waals surface area contributed by atoms with Crippen molar-refractivity contribution in [3.8, 4) is 0 Å². The second kappa shape index (κ2) is 9.33. The Morgan fingerprint density at radius 2 is 1.61 bits per heavy atom. The van der Waals surface area contributed by atoms with Gasteiger partial charge in [0.05, 0.1) is 13.2 Å². The van der Waals surface area contributed by atoms with E-state index in [0.29, 0.717) is 5.56 Å². The van der Waals surface area contributed by atoms with Gasteiger partial charge in [-0.05, 0) is 44.7 Å². The number of hydrogen-bond acceptors (Lipinski definition) is 4. The molecule has 4 heteroatoms.